The second-order valence-electron chi connectivity index (χ2n) is 3.74. The van der Waals surface area contributed by atoms with E-state index in [2.05, 4.69) is 4.74 Å². The quantitative estimate of drug-likeness (QED) is 0.729. The summed E-state index contributed by atoms with van der Waals surface area (Å²) in [5.41, 5.74) is 5.53. The number of ether oxygens (including phenoxy) is 1. The molecule has 0 spiro atoms. The van der Waals surface area contributed by atoms with Crippen molar-refractivity contribution >= 4 is 5.91 Å². The van der Waals surface area contributed by atoms with E-state index >= 15 is 0 Å². The van der Waals surface area contributed by atoms with Crippen molar-refractivity contribution in [3.05, 3.63) is 0 Å². The highest BCUT2D eigenvalue weighted by molar-refractivity contribution is 5.82. The van der Waals surface area contributed by atoms with Gasteiger partial charge in [-0.1, -0.05) is 0 Å². The second kappa shape index (κ2) is 5.49. The number of rotatable bonds is 4. The highest BCUT2D eigenvalue weighted by Gasteiger charge is 2.28. The summed E-state index contributed by atoms with van der Waals surface area (Å²) in [5, 5.41) is 0. The van der Waals surface area contributed by atoms with E-state index in [1.165, 1.54) is 4.90 Å². The molecule has 0 radical (unpaired) electrons. The molecule has 1 fully saturated rings. The molecule has 1 saturated heterocycles. The number of hydrogen-bond acceptors (Lipinski definition) is 3. The SMILES string of the molecule is NC1CCCN(CCOCC(F)(F)F)C1=O. The van der Waals surface area contributed by atoms with E-state index in [0.29, 0.717) is 13.0 Å². The van der Waals surface area contributed by atoms with E-state index in [1.54, 1.807) is 0 Å². The highest BCUT2D eigenvalue weighted by atomic mass is 19.4. The van der Waals surface area contributed by atoms with E-state index in [4.69, 9.17) is 5.73 Å². The minimum atomic E-state index is -4.32. The van der Waals surface area contributed by atoms with E-state index in [1.807, 2.05) is 0 Å². The Morgan fingerprint density at radius 1 is 1.50 bits per heavy atom. The lowest BCUT2D eigenvalue weighted by Gasteiger charge is -2.30. The van der Waals surface area contributed by atoms with Gasteiger partial charge in [0.2, 0.25) is 5.91 Å². The average molecular weight is 240 g/mol. The van der Waals surface area contributed by atoms with Crippen LogP contribution in [0.3, 0.4) is 0 Å². The Balaban J connectivity index is 2.20. The number of carbonyl (C=O) groups is 1. The highest BCUT2D eigenvalue weighted by Crippen LogP contribution is 2.14. The summed E-state index contributed by atoms with van der Waals surface area (Å²) in [6.45, 7) is -0.677. The Morgan fingerprint density at radius 3 is 2.81 bits per heavy atom. The lowest BCUT2D eigenvalue weighted by molar-refractivity contribution is -0.175. The molecule has 16 heavy (non-hydrogen) atoms. The summed E-state index contributed by atoms with van der Waals surface area (Å²) in [4.78, 5) is 12.9. The Hall–Kier alpha value is -0.820. The average Bonchev–Trinajstić information content (AvgIpc) is 2.17. The third kappa shape index (κ3) is 4.36. The summed E-state index contributed by atoms with van der Waals surface area (Å²) in [7, 11) is 0. The molecule has 0 aliphatic carbocycles. The lowest BCUT2D eigenvalue weighted by atomic mass is 10.1. The number of alkyl halides is 3. The lowest BCUT2D eigenvalue weighted by Crippen LogP contribution is -2.49. The zero-order valence-corrected chi connectivity index (χ0v) is 8.79. The Kier molecular flexibility index (Phi) is 4.55. The molecule has 1 aliphatic heterocycles. The van der Waals surface area contributed by atoms with Crippen LogP contribution < -0.4 is 5.73 Å². The number of likely N-dealkylation sites (tertiary alicyclic amines) is 1. The molecule has 0 saturated carbocycles. The Labute approximate surface area is 91.5 Å². The third-order valence-corrected chi connectivity index (χ3v) is 2.34. The van der Waals surface area contributed by atoms with Crippen molar-refractivity contribution in [3.63, 3.8) is 0 Å². The fraction of sp³-hybridized carbons (Fsp3) is 0.889. The number of hydrogen-bond donors (Lipinski definition) is 1. The van der Waals surface area contributed by atoms with Crippen molar-refractivity contribution in [2.45, 2.75) is 25.1 Å². The molecular weight excluding hydrogens is 225 g/mol. The zero-order valence-electron chi connectivity index (χ0n) is 8.79. The molecule has 0 aromatic carbocycles. The number of halogens is 3. The van der Waals surface area contributed by atoms with Crippen molar-refractivity contribution in [2.24, 2.45) is 5.73 Å². The van der Waals surface area contributed by atoms with Crippen molar-refractivity contribution in [3.8, 4) is 0 Å². The summed E-state index contributed by atoms with van der Waals surface area (Å²) >= 11 is 0. The topological polar surface area (TPSA) is 55.6 Å². The minimum Gasteiger partial charge on any atom is -0.370 e. The summed E-state index contributed by atoms with van der Waals surface area (Å²) < 4.78 is 39.6. The molecule has 2 N–H and O–H groups in total. The predicted octanol–water partition coefficient (Wildman–Crippen LogP) is 0.515. The van der Waals surface area contributed by atoms with Gasteiger partial charge in [-0.05, 0) is 12.8 Å². The minimum absolute atomic E-state index is 0.113. The fourth-order valence-electron chi connectivity index (χ4n) is 1.55. The molecule has 0 aromatic rings. The first kappa shape index (κ1) is 13.2. The molecule has 1 aliphatic rings. The van der Waals surface area contributed by atoms with Crippen LogP contribution >= 0.6 is 0 Å². The summed E-state index contributed by atoms with van der Waals surface area (Å²) in [6.07, 6.45) is -2.90. The van der Waals surface area contributed by atoms with Crippen LogP contribution in [0.4, 0.5) is 13.2 Å². The van der Waals surface area contributed by atoms with Crippen LogP contribution in [-0.2, 0) is 9.53 Å². The van der Waals surface area contributed by atoms with Gasteiger partial charge in [0.25, 0.3) is 0 Å². The number of carbonyl (C=O) groups excluding carboxylic acids is 1. The molecule has 0 aromatic heterocycles. The van der Waals surface area contributed by atoms with Crippen LogP contribution in [0.15, 0.2) is 0 Å². The van der Waals surface area contributed by atoms with E-state index in [0.717, 1.165) is 6.42 Å². The number of amides is 1. The molecule has 1 unspecified atom stereocenters. The van der Waals surface area contributed by atoms with Crippen LogP contribution in [-0.4, -0.2) is 49.3 Å². The van der Waals surface area contributed by atoms with Crippen molar-refractivity contribution in [1.82, 2.24) is 4.90 Å². The normalized spacial score (nSPS) is 22.6. The monoisotopic (exact) mass is 240 g/mol. The molecule has 4 nitrogen and oxygen atoms in total. The predicted molar refractivity (Wildman–Crippen MR) is 50.7 cm³/mol. The van der Waals surface area contributed by atoms with Gasteiger partial charge in [0.15, 0.2) is 0 Å². The first-order valence-corrected chi connectivity index (χ1v) is 5.09. The standard InChI is InChI=1S/C9H15F3N2O2/c10-9(11,12)6-16-5-4-14-3-1-2-7(13)8(14)15/h7H,1-6,13H2. The van der Waals surface area contributed by atoms with Crippen LogP contribution in [0.2, 0.25) is 0 Å². The molecular formula is C9H15F3N2O2. The van der Waals surface area contributed by atoms with Gasteiger partial charge in [0, 0.05) is 13.1 Å². The molecule has 1 amide bonds. The Morgan fingerprint density at radius 2 is 2.19 bits per heavy atom. The van der Waals surface area contributed by atoms with Crippen LogP contribution in [0.1, 0.15) is 12.8 Å². The van der Waals surface area contributed by atoms with Gasteiger partial charge in [0.1, 0.15) is 6.61 Å². The molecule has 1 heterocycles. The maximum absolute atomic E-state index is 11.7. The van der Waals surface area contributed by atoms with E-state index < -0.39 is 18.8 Å². The van der Waals surface area contributed by atoms with Gasteiger partial charge in [-0.15, -0.1) is 0 Å². The van der Waals surface area contributed by atoms with Crippen LogP contribution in [0.5, 0.6) is 0 Å². The number of nitrogens with two attached hydrogens (primary N) is 1. The summed E-state index contributed by atoms with van der Waals surface area (Å²) in [5.74, 6) is -0.207. The van der Waals surface area contributed by atoms with E-state index in [9.17, 15) is 18.0 Å². The van der Waals surface area contributed by atoms with Gasteiger partial charge in [-0.25, -0.2) is 0 Å². The zero-order chi connectivity index (χ0) is 12.2. The van der Waals surface area contributed by atoms with Crippen LogP contribution in [0.25, 0.3) is 0 Å². The van der Waals surface area contributed by atoms with Crippen molar-refractivity contribution in [1.29, 1.82) is 0 Å². The largest absolute Gasteiger partial charge is 0.411 e. The number of piperidine rings is 1. The first-order chi connectivity index (χ1) is 7.40. The van der Waals surface area contributed by atoms with Gasteiger partial charge < -0.3 is 15.4 Å². The van der Waals surface area contributed by atoms with Gasteiger partial charge in [-0.2, -0.15) is 13.2 Å². The second-order valence-corrected chi connectivity index (χ2v) is 3.74. The fourth-order valence-corrected chi connectivity index (χ4v) is 1.55. The van der Waals surface area contributed by atoms with Crippen molar-refractivity contribution < 1.29 is 22.7 Å². The molecule has 1 atom stereocenters. The van der Waals surface area contributed by atoms with Crippen molar-refractivity contribution in [2.75, 3.05) is 26.3 Å². The summed E-state index contributed by atoms with van der Waals surface area (Å²) in [6, 6.07) is -0.517. The van der Waals surface area contributed by atoms with Gasteiger partial charge >= 0.3 is 6.18 Å². The van der Waals surface area contributed by atoms with E-state index in [-0.39, 0.29) is 19.1 Å². The van der Waals surface area contributed by atoms with Gasteiger partial charge in [0.05, 0.1) is 12.6 Å². The Bertz CT molecular complexity index is 245. The maximum Gasteiger partial charge on any atom is 0.411 e. The number of nitrogens with zero attached hydrogens (tertiary/aromatic N) is 1. The third-order valence-electron chi connectivity index (χ3n) is 2.34. The smallest absolute Gasteiger partial charge is 0.370 e. The van der Waals surface area contributed by atoms with Crippen LogP contribution in [0, 0.1) is 0 Å². The van der Waals surface area contributed by atoms with Gasteiger partial charge in [-0.3, -0.25) is 4.79 Å². The first-order valence-electron chi connectivity index (χ1n) is 5.09. The molecule has 7 heteroatoms. The maximum atomic E-state index is 11.7. The molecule has 0 bridgehead atoms. The molecule has 1 rings (SSSR count). The molecule has 94 valence electrons.